The summed E-state index contributed by atoms with van der Waals surface area (Å²) in [5.74, 6) is -0.149. The van der Waals surface area contributed by atoms with Crippen molar-refractivity contribution in [3.05, 3.63) is 29.3 Å². The zero-order valence-electron chi connectivity index (χ0n) is 11.5. The summed E-state index contributed by atoms with van der Waals surface area (Å²) in [7, 11) is 0. The first-order chi connectivity index (χ1) is 9.20. The number of rotatable bonds is 6. The molecule has 110 valence electrons. The summed E-state index contributed by atoms with van der Waals surface area (Å²) in [6.07, 6.45) is 0. The number of halogens is 1. The minimum Gasteiger partial charge on any atom is -0.349 e. The first-order valence-corrected chi connectivity index (χ1v) is 7.19. The molecule has 5 nitrogen and oxygen atoms in total. The minimum atomic E-state index is -0.149. The van der Waals surface area contributed by atoms with Gasteiger partial charge in [-0.25, -0.2) is 0 Å². The molecule has 0 aliphatic heterocycles. The summed E-state index contributed by atoms with van der Waals surface area (Å²) in [6.45, 7) is 5.56. The number of hydrogen-bond donors (Lipinski definition) is 3. The van der Waals surface area contributed by atoms with E-state index >= 15 is 0 Å². The molecule has 0 aliphatic rings. The van der Waals surface area contributed by atoms with Gasteiger partial charge in [-0.15, -0.1) is 23.7 Å². The molecule has 2 aromatic rings. The minimum absolute atomic E-state index is 0. The van der Waals surface area contributed by atoms with E-state index in [0.717, 1.165) is 17.1 Å². The van der Waals surface area contributed by atoms with Crippen LogP contribution in [0, 0.1) is 0 Å². The Bertz CT molecular complexity index is 526. The fourth-order valence-electron chi connectivity index (χ4n) is 1.75. The van der Waals surface area contributed by atoms with Crippen LogP contribution in [0.2, 0.25) is 0 Å². The number of hydrogen-bond acceptors (Lipinski definition) is 4. The van der Waals surface area contributed by atoms with Crippen molar-refractivity contribution in [2.75, 3.05) is 13.1 Å². The van der Waals surface area contributed by atoms with E-state index in [1.54, 1.807) is 17.4 Å². The third-order valence-corrected chi connectivity index (χ3v) is 3.62. The van der Waals surface area contributed by atoms with E-state index in [0.29, 0.717) is 12.2 Å². The predicted molar refractivity (Wildman–Crippen MR) is 84.6 cm³/mol. The third-order valence-electron chi connectivity index (χ3n) is 2.72. The Hall–Kier alpha value is -1.37. The van der Waals surface area contributed by atoms with Gasteiger partial charge >= 0.3 is 0 Å². The molecule has 0 spiro atoms. The van der Waals surface area contributed by atoms with Gasteiger partial charge in [0.05, 0.1) is 10.6 Å². The maximum Gasteiger partial charge on any atom is 0.271 e. The van der Waals surface area contributed by atoms with Gasteiger partial charge in [-0.1, -0.05) is 13.0 Å². The number of carbonyl (C=O) groups is 1. The largest absolute Gasteiger partial charge is 0.349 e. The van der Waals surface area contributed by atoms with Gasteiger partial charge in [-0.05, 0) is 31.0 Å². The van der Waals surface area contributed by atoms with Crippen molar-refractivity contribution in [2.24, 2.45) is 0 Å². The molecule has 1 amide bonds. The molecule has 20 heavy (non-hydrogen) atoms. The molecular formula is C13H19ClN4OS. The molecule has 2 aromatic heterocycles. The highest BCUT2D eigenvalue weighted by molar-refractivity contribution is 7.13. The molecule has 0 saturated heterocycles. The Kier molecular flexibility index (Phi) is 6.70. The number of carbonyl (C=O) groups excluding carboxylic acids is 1. The molecule has 0 aliphatic carbocycles. The average Bonchev–Trinajstić information content (AvgIpc) is 3.06. The molecule has 0 fully saturated rings. The SMILES string of the molecule is CCN[C@H](C)CNC(=O)c1cc(-c2cccs2)[nH]n1.Cl. The second-order valence-electron chi connectivity index (χ2n) is 4.31. The lowest BCUT2D eigenvalue weighted by Gasteiger charge is -2.12. The van der Waals surface area contributed by atoms with Gasteiger partial charge in [0.25, 0.3) is 5.91 Å². The highest BCUT2D eigenvalue weighted by Gasteiger charge is 2.12. The zero-order valence-corrected chi connectivity index (χ0v) is 13.1. The molecule has 2 heterocycles. The van der Waals surface area contributed by atoms with Crippen molar-refractivity contribution >= 4 is 29.7 Å². The van der Waals surface area contributed by atoms with Gasteiger partial charge in [0.1, 0.15) is 0 Å². The fraction of sp³-hybridized carbons (Fsp3) is 0.385. The van der Waals surface area contributed by atoms with Gasteiger partial charge in [0.2, 0.25) is 0 Å². The highest BCUT2D eigenvalue weighted by atomic mass is 35.5. The Labute approximate surface area is 128 Å². The predicted octanol–water partition coefficient (Wildman–Crippen LogP) is 2.29. The molecule has 1 atom stereocenters. The highest BCUT2D eigenvalue weighted by Crippen LogP contribution is 2.22. The maximum atomic E-state index is 11.9. The smallest absolute Gasteiger partial charge is 0.271 e. The summed E-state index contributed by atoms with van der Waals surface area (Å²) in [5.41, 5.74) is 1.30. The van der Waals surface area contributed by atoms with E-state index in [-0.39, 0.29) is 24.4 Å². The standard InChI is InChI=1S/C13H18N4OS.ClH/c1-3-14-9(2)8-15-13(18)11-7-10(16-17-11)12-5-4-6-19-12;/h4-7,9,14H,3,8H2,1-2H3,(H,15,18)(H,16,17);1H/t9-;/m1./s1. The second kappa shape index (κ2) is 8.04. The topological polar surface area (TPSA) is 69.8 Å². The summed E-state index contributed by atoms with van der Waals surface area (Å²) >= 11 is 1.61. The van der Waals surface area contributed by atoms with Crippen LogP contribution in [0.3, 0.4) is 0 Å². The Morgan fingerprint density at radius 3 is 3.00 bits per heavy atom. The van der Waals surface area contributed by atoms with Crippen LogP contribution in [0.25, 0.3) is 10.6 Å². The van der Waals surface area contributed by atoms with Crippen LogP contribution in [0.4, 0.5) is 0 Å². The van der Waals surface area contributed by atoms with Crippen molar-refractivity contribution in [1.29, 1.82) is 0 Å². The number of amides is 1. The zero-order chi connectivity index (χ0) is 13.7. The van der Waals surface area contributed by atoms with E-state index in [2.05, 4.69) is 20.8 Å². The van der Waals surface area contributed by atoms with E-state index in [4.69, 9.17) is 0 Å². The van der Waals surface area contributed by atoms with Gasteiger partial charge in [-0.3, -0.25) is 9.89 Å². The number of thiophene rings is 1. The number of H-pyrrole nitrogens is 1. The molecule has 7 heteroatoms. The normalized spacial score (nSPS) is 11.7. The van der Waals surface area contributed by atoms with Gasteiger partial charge in [0, 0.05) is 12.6 Å². The summed E-state index contributed by atoms with van der Waals surface area (Å²) in [4.78, 5) is 13.0. The van der Waals surface area contributed by atoms with Crippen LogP contribution in [0.1, 0.15) is 24.3 Å². The molecule has 0 bridgehead atoms. The monoisotopic (exact) mass is 314 g/mol. The summed E-state index contributed by atoms with van der Waals surface area (Å²) in [5, 5.41) is 15.0. The van der Waals surface area contributed by atoms with Gasteiger partial charge in [0.15, 0.2) is 5.69 Å². The average molecular weight is 315 g/mol. The number of nitrogens with zero attached hydrogens (tertiary/aromatic N) is 1. The van der Waals surface area contributed by atoms with Crippen LogP contribution in [-0.2, 0) is 0 Å². The van der Waals surface area contributed by atoms with Crippen molar-refractivity contribution in [3.8, 4) is 10.6 Å². The number of nitrogens with one attached hydrogen (secondary N) is 3. The van der Waals surface area contributed by atoms with Crippen molar-refractivity contribution < 1.29 is 4.79 Å². The van der Waals surface area contributed by atoms with Crippen molar-refractivity contribution in [2.45, 2.75) is 19.9 Å². The molecule has 0 radical (unpaired) electrons. The van der Waals surface area contributed by atoms with Crippen LogP contribution < -0.4 is 10.6 Å². The van der Waals surface area contributed by atoms with Crippen LogP contribution >= 0.6 is 23.7 Å². The molecule has 0 saturated carbocycles. The molecular weight excluding hydrogens is 296 g/mol. The Morgan fingerprint density at radius 2 is 2.35 bits per heavy atom. The molecule has 2 rings (SSSR count). The fourth-order valence-corrected chi connectivity index (χ4v) is 2.45. The van der Waals surface area contributed by atoms with Crippen LogP contribution in [0.5, 0.6) is 0 Å². The third kappa shape index (κ3) is 4.33. The van der Waals surface area contributed by atoms with Gasteiger partial charge in [-0.2, -0.15) is 5.10 Å². The number of likely N-dealkylation sites (N-methyl/N-ethyl adjacent to an activating group) is 1. The van der Waals surface area contributed by atoms with E-state index < -0.39 is 0 Å². The number of aromatic nitrogens is 2. The van der Waals surface area contributed by atoms with E-state index in [9.17, 15) is 4.79 Å². The van der Waals surface area contributed by atoms with Gasteiger partial charge < -0.3 is 10.6 Å². The Balaban J connectivity index is 0.00000200. The van der Waals surface area contributed by atoms with Crippen LogP contribution in [-0.4, -0.2) is 35.2 Å². The quantitative estimate of drug-likeness (QED) is 0.766. The van der Waals surface area contributed by atoms with E-state index in [1.807, 2.05) is 31.4 Å². The summed E-state index contributed by atoms with van der Waals surface area (Å²) < 4.78 is 0. The van der Waals surface area contributed by atoms with Crippen molar-refractivity contribution in [1.82, 2.24) is 20.8 Å². The van der Waals surface area contributed by atoms with E-state index in [1.165, 1.54) is 0 Å². The summed E-state index contributed by atoms with van der Waals surface area (Å²) in [6, 6.07) is 6.00. The lowest BCUT2D eigenvalue weighted by atomic mass is 10.3. The first kappa shape index (κ1) is 16.7. The Morgan fingerprint density at radius 1 is 1.55 bits per heavy atom. The molecule has 0 unspecified atom stereocenters. The lowest BCUT2D eigenvalue weighted by molar-refractivity contribution is 0.0945. The number of aromatic amines is 1. The first-order valence-electron chi connectivity index (χ1n) is 6.31. The maximum absolute atomic E-state index is 11.9. The van der Waals surface area contributed by atoms with Crippen molar-refractivity contribution in [3.63, 3.8) is 0 Å². The molecule has 0 aromatic carbocycles. The van der Waals surface area contributed by atoms with Crippen LogP contribution in [0.15, 0.2) is 23.6 Å². The lowest BCUT2D eigenvalue weighted by Crippen LogP contribution is -2.38. The second-order valence-corrected chi connectivity index (χ2v) is 5.26. The molecule has 3 N–H and O–H groups in total.